The van der Waals surface area contributed by atoms with Gasteiger partial charge in [-0.3, -0.25) is 14.8 Å². The van der Waals surface area contributed by atoms with E-state index in [1.165, 1.54) is 6.21 Å². The van der Waals surface area contributed by atoms with Crippen LogP contribution in [0.15, 0.2) is 34.1 Å². The maximum Gasteiger partial charge on any atom is 0.307 e. The zero-order valence-electron chi connectivity index (χ0n) is 8.60. The first kappa shape index (κ1) is 10.6. The van der Waals surface area contributed by atoms with Crippen molar-refractivity contribution in [1.82, 2.24) is 4.98 Å². The minimum Gasteiger partial charge on any atom is -0.493 e. The molecule has 82 valence electrons. The Bertz CT molecular complexity index is 566. The second-order valence-electron chi connectivity index (χ2n) is 3.32. The van der Waals surface area contributed by atoms with Crippen molar-refractivity contribution in [2.75, 3.05) is 0 Å². The molecule has 0 radical (unpaired) electrons. The standard InChI is InChI=1S/C11H10N2O2S/c1-7-2-4-8(5-3-7)12-6-9-10(14)13-11(15)16-9/h2-6,14H,1H3,(H,13,15). The number of hydrogen-bond donors (Lipinski definition) is 2. The summed E-state index contributed by atoms with van der Waals surface area (Å²) in [6.45, 7) is 2.00. The number of nitrogens with one attached hydrogen (secondary N) is 1. The topological polar surface area (TPSA) is 65.5 Å². The lowest BCUT2D eigenvalue weighted by molar-refractivity contribution is 0.455. The molecule has 0 aliphatic rings. The van der Waals surface area contributed by atoms with Gasteiger partial charge in [-0.2, -0.15) is 0 Å². The Morgan fingerprint density at radius 3 is 2.62 bits per heavy atom. The number of rotatable bonds is 2. The minimum atomic E-state index is -0.289. The predicted octanol–water partition coefficient (Wildman–Crippen LogP) is 2.20. The molecule has 0 fully saturated rings. The fraction of sp³-hybridized carbons (Fsp3) is 0.0909. The summed E-state index contributed by atoms with van der Waals surface area (Å²) in [6.07, 6.45) is 1.47. The van der Waals surface area contributed by atoms with Gasteiger partial charge in [0.25, 0.3) is 0 Å². The number of hydrogen-bond acceptors (Lipinski definition) is 4. The zero-order chi connectivity index (χ0) is 11.5. The van der Waals surface area contributed by atoms with Crippen molar-refractivity contribution in [2.24, 2.45) is 4.99 Å². The van der Waals surface area contributed by atoms with Crippen molar-refractivity contribution < 1.29 is 5.11 Å². The van der Waals surface area contributed by atoms with Crippen LogP contribution in [0.25, 0.3) is 0 Å². The van der Waals surface area contributed by atoms with Crippen molar-refractivity contribution >= 4 is 23.2 Å². The molecule has 5 heteroatoms. The van der Waals surface area contributed by atoms with Crippen LogP contribution in [-0.2, 0) is 0 Å². The van der Waals surface area contributed by atoms with Crippen molar-refractivity contribution in [3.05, 3.63) is 44.4 Å². The smallest absolute Gasteiger partial charge is 0.307 e. The predicted molar refractivity (Wildman–Crippen MR) is 65.0 cm³/mol. The van der Waals surface area contributed by atoms with Gasteiger partial charge in [0, 0.05) is 0 Å². The van der Waals surface area contributed by atoms with Gasteiger partial charge in [0.05, 0.1) is 11.9 Å². The van der Waals surface area contributed by atoms with Crippen LogP contribution in [0, 0.1) is 6.92 Å². The molecule has 1 aromatic heterocycles. The highest BCUT2D eigenvalue weighted by Crippen LogP contribution is 2.16. The molecule has 0 unspecified atom stereocenters. The van der Waals surface area contributed by atoms with E-state index in [2.05, 4.69) is 9.98 Å². The molecule has 0 aliphatic carbocycles. The molecular weight excluding hydrogens is 224 g/mol. The van der Waals surface area contributed by atoms with Gasteiger partial charge in [0.15, 0.2) is 0 Å². The van der Waals surface area contributed by atoms with Gasteiger partial charge in [-0.25, -0.2) is 0 Å². The first-order chi connectivity index (χ1) is 7.65. The summed E-state index contributed by atoms with van der Waals surface area (Å²) < 4.78 is 0. The SMILES string of the molecule is Cc1ccc(N=Cc2sc(=O)[nH]c2O)cc1. The van der Waals surface area contributed by atoms with Crippen molar-refractivity contribution in [3.8, 4) is 5.88 Å². The summed E-state index contributed by atoms with van der Waals surface area (Å²) in [4.78, 5) is 17.5. The van der Waals surface area contributed by atoms with Crippen LogP contribution >= 0.6 is 11.3 Å². The highest BCUT2D eigenvalue weighted by atomic mass is 32.1. The van der Waals surface area contributed by atoms with Gasteiger partial charge < -0.3 is 5.11 Å². The number of thiazole rings is 1. The van der Waals surface area contributed by atoms with Crippen LogP contribution in [0.3, 0.4) is 0 Å². The molecule has 0 aliphatic heterocycles. The Labute approximate surface area is 95.9 Å². The number of aromatic nitrogens is 1. The summed E-state index contributed by atoms with van der Waals surface area (Å²) >= 11 is 0.926. The second kappa shape index (κ2) is 4.32. The number of aromatic hydroxyl groups is 1. The molecule has 1 aromatic carbocycles. The summed E-state index contributed by atoms with van der Waals surface area (Å²) in [6, 6.07) is 7.65. The zero-order valence-corrected chi connectivity index (χ0v) is 9.41. The molecule has 16 heavy (non-hydrogen) atoms. The van der Waals surface area contributed by atoms with Crippen LogP contribution in [0.5, 0.6) is 5.88 Å². The molecule has 0 spiro atoms. The molecule has 0 saturated heterocycles. The Balaban J connectivity index is 2.24. The lowest BCUT2D eigenvalue weighted by atomic mass is 10.2. The number of benzene rings is 1. The minimum absolute atomic E-state index is 0.133. The van der Waals surface area contributed by atoms with Crippen molar-refractivity contribution in [2.45, 2.75) is 6.92 Å². The first-order valence-corrected chi connectivity index (χ1v) is 5.49. The van der Waals surface area contributed by atoms with Gasteiger partial charge >= 0.3 is 4.87 Å². The average Bonchev–Trinajstić information content (AvgIpc) is 2.57. The molecule has 0 atom stereocenters. The van der Waals surface area contributed by atoms with E-state index in [1.54, 1.807) is 0 Å². The molecular formula is C11H10N2O2S. The van der Waals surface area contributed by atoms with E-state index in [0.29, 0.717) is 4.88 Å². The van der Waals surface area contributed by atoms with Gasteiger partial charge in [0.1, 0.15) is 4.88 Å². The van der Waals surface area contributed by atoms with Crippen LogP contribution < -0.4 is 4.87 Å². The molecule has 2 aromatic rings. The summed E-state index contributed by atoms with van der Waals surface area (Å²) in [5.41, 5.74) is 1.94. The fourth-order valence-corrected chi connectivity index (χ4v) is 1.78. The van der Waals surface area contributed by atoms with E-state index < -0.39 is 0 Å². The van der Waals surface area contributed by atoms with E-state index in [9.17, 15) is 9.90 Å². The Morgan fingerprint density at radius 2 is 2.06 bits per heavy atom. The third-order valence-corrected chi connectivity index (χ3v) is 2.83. The molecule has 4 nitrogen and oxygen atoms in total. The number of H-pyrrole nitrogens is 1. The Morgan fingerprint density at radius 1 is 1.38 bits per heavy atom. The third kappa shape index (κ3) is 2.38. The van der Waals surface area contributed by atoms with Crippen LogP contribution in [0.2, 0.25) is 0 Å². The van der Waals surface area contributed by atoms with E-state index in [1.807, 2.05) is 31.2 Å². The van der Waals surface area contributed by atoms with Gasteiger partial charge in [-0.15, -0.1) is 0 Å². The number of aryl methyl sites for hydroxylation is 1. The monoisotopic (exact) mass is 234 g/mol. The van der Waals surface area contributed by atoms with E-state index >= 15 is 0 Å². The summed E-state index contributed by atoms with van der Waals surface area (Å²) in [5.74, 6) is -0.133. The van der Waals surface area contributed by atoms with E-state index in [0.717, 1.165) is 22.6 Å². The third-order valence-electron chi connectivity index (χ3n) is 2.02. The molecule has 0 amide bonds. The molecule has 1 heterocycles. The first-order valence-electron chi connectivity index (χ1n) is 4.68. The Hall–Kier alpha value is -1.88. The molecule has 2 rings (SSSR count). The van der Waals surface area contributed by atoms with Crippen molar-refractivity contribution in [3.63, 3.8) is 0 Å². The number of nitrogens with zero attached hydrogens (tertiary/aromatic N) is 1. The Kier molecular flexibility index (Phi) is 2.87. The lowest BCUT2D eigenvalue weighted by Crippen LogP contribution is -1.89. The second-order valence-corrected chi connectivity index (χ2v) is 4.34. The maximum atomic E-state index is 10.9. The van der Waals surface area contributed by atoms with Gasteiger partial charge in [0.2, 0.25) is 5.88 Å². The molecule has 2 N–H and O–H groups in total. The quantitative estimate of drug-likeness (QED) is 0.782. The summed E-state index contributed by atoms with van der Waals surface area (Å²) in [5, 5.41) is 9.32. The van der Waals surface area contributed by atoms with Gasteiger partial charge in [-0.1, -0.05) is 29.0 Å². The highest BCUT2D eigenvalue weighted by Gasteiger charge is 2.02. The van der Waals surface area contributed by atoms with Crippen molar-refractivity contribution in [1.29, 1.82) is 0 Å². The van der Waals surface area contributed by atoms with E-state index in [4.69, 9.17) is 0 Å². The lowest BCUT2D eigenvalue weighted by Gasteiger charge is -1.93. The molecule has 0 bridgehead atoms. The van der Waals surface area contributed by atoms with Crippen LogP contribution in [-0.4, -0.2) is 16.3 Å². The summed E-state index contributed by atoms with van der Waals surface area (Å²) in [7, 11) is 0. The van der Waals surface area contributed by atoms with Gasteiger partial charge in [-0.05, 0) is 19.1 Å². The number of aliphatic imine (C=N–C) groups is 1. The fourth-order valence-electron chi connectivity index (χ4n) is 1.18. The molecule has 0 saturated carbocycles. The van der Waals surface area contributed by atoms with E-state index in [-0.39, 0.29) is 10.8 Å². The average molecular weight is 234 g/mol. The van der Waals surface area contributed by atoms with Crippen LogP contribution in [0.4, 0.5) is 5.69 Å². The highest BCUT2D eigenvalue weighted by molar-refractivity contribution is 7.11. The van der Waals surface area contributed by atoms with Crippen LogP contribution in [0.1, 0.15) is 10.4 Å². The maximum absolute atomic E-state index is 10.9. The normalized spacial score (nSPS) is 11.1. The number of aromatic amines is 1. The largest absolute Gasteiger partial charge is 0.493 e.